The van der Waals surface area contributed by atoms with E-state index in [4.69, 9.17) is 5.11 Å². The molecule has 1 aromatic heterocycles. The van der Waals surface area contributed by atoms with Crippen LogP contribution >= 0.6 is 11.5 Å². The van der Waals surface area contributed by atoms with E-state index in [9.17, 15) is 9.59 Å². The normalized spacial score (nSPS) is 13.9. The second-order valence-corrected chi connectivity index (χ2v) is 7.67. The third-order valence-corrected chi connectivity index (χ3v) is 5.60. The Bertz CT molecular complexity index is 1030. The largest absolute Gasteiger partial charge is 0.481 e. The molecule has 2 N–H and O–H groups in total. The number of carboxylic acid groups (broad SMARTS) is 1. The first-order valence-electron chi connectivity index (χ1n) is 9.59. The first-order chi connectivity index (χ1) is 14.6. The van der Waals surface area contributed by atoms with E-state index in [0.717, 1.165) is 16.5 Å². The molecule has 0 spiro atoms. The van der Waals surface area contributed by atoms with Crippen LogP contribution in [-0.4, -0.2) is 57.5 Å². The average molecular weight is 423 g/mol. The molecule has 1 aliphatic heterocycles. The average Bonchev–Trinajstić information content (AvgIpc) is 3.25. The number of urea groups is 1. The van der Waals surface area contributed by atoms with Crippen molar-refractivity contribution in [3.05, 3.63) is 60.2 Å². The lowest BCUT2D eigenvalue weighted by atomic mass is 10.1. The molecule has 8 nitrogen and oxygen atoms in total. The number of anilines is 2. The first-order valence-corrected chi connectivity index (χ1v) is 10.4. The molecule has 2 aromatic carbocycles. The van der Waals surface area contributed by atoms with Crippen molar-refractivity contribution in [2.45, 2.75) is 6.42 Å². The predicted molar refractivity (Wildman–Crippen MR) is 116 cm³/mol. The zero-order valence-electron chi connectivity index (χ0n) is 16.2. The van der Waals surface area contributed by atoms with Crippen LogP contribution < -0.4 is 10.2 Å². The van der Waals surface area contributed by atoms with Crippen molar-refractivity contribution in [2.75, 3.05) is 36.4 Å². The van der Waals surface area contributed by atoms with Gasteiger partial charge < -0.3 is 20.2 Å². The molecule has 0 atom stereocenters. The van der Waals surface area contributed by atoms with Gasteiger partial charge in [-0.2, -0.15) is 9.36 Å². The van der Waals surface area contributed by atoms with Gasteiger partial charge in [0.2, 0.25) is 5.13 Å². The van der Waals surface area contributed by atoms with E-state index in [2.05, 4.69) is 19.6 Å². The van der Waals surface area contributed by atoms with E-state index >= 15 is 0 Å². The Kier molecular flexibility index (Phi) is 5.89. The number of nitrogens with one attached hydrogen (secondary N) is 1. The van der Waals surface area contributed by atoms with Gasteiger partial charge in [0.1, 0.15) is 0 Å². The lowest BCUT2D eigenvalue weighted by Gasteiger charge is -2.34. The van der Waals surface area contributed by atoms with E-state index in [1.807, 2.05) is 30.3 Å². The Morgan fingerprint density at radius 1 is 1.03 bits per heavy atom. The van der Waals surface area contributed by atoms with E-state index in [0.29, 0.717) is 37.4 Å². The zero-order valence-corrected chi connectivity index (χ0v) is 17.0. The Hall–Kier alpha value is -3.46. The van der Waals surface area contributed by atoms with Crippen LogP contribution in [0.4, 0.5) is 15.6 Å². The van der Waals surface area contributed by atoms with Crippen LogP contribution in [0.2, 0.25) is 0 Å². The third-order valence-electron chi connectivity index (χ3n) is 4.82. The molecule has 2 amide bonds. The van der Waals surface area contributed by atoms with Crippen molar-refractivity contribution in [1.82, 2.24) is 14.3 Å². The lowest BCUT2D eigenvalue weighted by Crippen LogP contribution is -2.50. The highest BCUT2D eigenvalue weighted by Gasteiger charge is 2.23. The Morgan fingerprint density at radius 3 is 2.53 bits per heavy atom. The Morgan fingerprint density at radius 2 is 1.80 bits per heavy atom. The summed E-state index contributed by atoms with van der Waals surface area (Å²) in [5, 5.41) is 12.6. The minimum atomic E-state index is -0.901. The fraction of sp³-hybridized carbons (Fsp3) is 0.238. The van der Waals surface area contributed by atoms with Gasteiger partial charge in [0.25, 0.3) is 0 Å². The van der Waals surface area contributed by atoms with E-state index in [-0.39, 0.29) is 12.5 Å². The number of rotatable bonds is 5. The van der Waals surface area contributed by atoms with Crippen molar-refractivity contribution < 1.29 is 14.7 Å². The van der Waals surface area contributed by atoms with Gasteiger partial charge >= 0.3 is 12.0 Å². The molecule has 1 fully saturated rings. The maximum absolute atomic E-state index is 12.6. The molecule has 4 rings (SSSR count). The molecule has 0 bridgehead atoms. The van der Waals surface area contributed by atoms with Crippen LogP contribution in [0.1, 0.15) is 5.56 Å². The summed E-state index contributed by atoms with van der Waals surface area (Å²) in [5.74, 6) is -0.182. The van der Waals surface area contributed by atoms with Gasteiger partial charge in [0.05, 0.1) is 6.42 Å². The summed E-state index contributed by atoms with van der Waals surface area (Å²) in [5.41, 5.74) is 2.23. The van der Waals surface area contributed by atoms with Gasteiger partial charge in [-0.15, -0.1) is 0 Å². The fourth-order valence-corrected chi connectivity index (χ4v) is 4.03. The van der Waals surface area contributed by atoms with Crippen LogP contribution in [0, 0.1) is 0 Å². The van der Waals surface area contributed by atoms with Crippen molar-refractivity contribution in [3.63, 3.8) is 0 Å². The molecule has 9 heteroatoms. The summed E-state index contributed by atoms with van der Waals surface area (Å²) in [6.45, 7) is 2.49. The van der Waals surface area contributed by atoms with Gasteiger partial charge in [0.15, 0.2) is 5.82 Å². The topological polar surface area (TPSA) is 98.7 Å². The smallest absolute Gasteiger partial charge is 0.321 e. The summed E-state index contributed by atoms with van der Waals surface area (Å²) in [4.78, 5) is 32.0. The molecule has 1 aliphatic rings. The number of hydrogen-bond acceptors (Lipinski definition) is 6. The molecule has 0 saturated carbocycles. The molecule has 0 radical (unpaired) electrons. The summed E-state index contributed by atoms with van der Waals surface area (Å²) < 4.78 is 4.45. The maximum Gasteiger partial charge on any atom is 0.321 e. The molecule has 0 unspecified atom stereocenters. The van der Waals surface area contributed by atoms with Crippen molar-refractivity contribution >= 4 is 34.4 Å². The van der Waals surface area contributed by atoms with Crippen LogP contribution in [0.3, 0.4) is 0 Å². The molecular weight excluding hydrogens is 402 g/mol. The highest BCUT2D eigenvalue weighted by molar-refractivity contribution is 7.09. The number of hydrogen-bond donors (Lipinski definition) is 2. The number of amides is 2. The number of aromatic nitrogens is 2. The quantitative estimate of drug-likeness (QED) is 0.654. The Labute approximate surface area is 178 Å². The summed E-state index contributed by atoms with van der Waals surface area (Å²) >= 11 is 1.37. The van der Waals surface area contributed by atoms with E-state index < -0.39 is 5.97 Å². The second-order valence-electron chi connectivity index (χ2n) is 6.94. The predicted octanol–water partition coefficient (Wildman–Crippen LogP) is 3.19. The number of carbonyl (C=O) groups excluding carboxylic acids is 1. The summed E-state index contributed by atoms with van der Waals surface area (Å²) in [6, 6.07) is 16.6. The minimum Gasteiger partial charge on any atom is -0.481 e. The molecule has 0 aliphatic carbocycles. The van der Waals surface area contributed by atoms with Crippen molar-refractivity contribution in [3.8, 4) is 11.4 Å². The monoisotopic (exact) mass is 423 g/mol. The SMILES string of the molecule is O=C(O)Cc1cccc(NC(=O)N2CCN(c3nc(-c4ccccc4)ns3)CC2)c1. The van der Waals surface area contributed by atoms with E-state index in [1.165, 1.54) is 11.5 Å². The Balaban J connectivity index is 1.33. The van der Waals surface area contributed by atoms with Gasteiger partial charge in [-0.05, 0) is 17.7 Å². The number of carboxylic acids is 1. The molecule has 154 valence electrons. The molecule has 30 heavy (non-hydrogen) atoms. The maximum atomic E-state index is 12.6. The summed E-state index contributed by atoms with van der Waals surface area (Å²) in [6.07, 6.45) is -0.0742. The number of carbonyl (C=O) groups is 2. The number of aliphatic carboxylic acids is 1. The summed E-state index contributed by atoms with van der Waals surface area (Å²) in [7, 11) is 0. The molecule has 3 aromatic rings. The zero-order chi connectivity index (χ0) is 20.9. The highest BCUT2D eigenvalue weighted by Crippen LogP contribution is 2.24. The van der Waals surface area contributed by atoms with Gasteiger partial charge in [-0.1, -0.05) is 42.5 Å². The molecule has 2 heterocycles. The van der Waals surface area contributed by atoms with Crippen LogP contribution in [-0.2, 0) is 11.2 Å². The molecular formula is C21H21N5O3S. The van der Waals surface area contributed by atoms with Crippen LogP contribution in [0.25, 0.3) is 11.4 Å². The van der Waals surface area contributed by atoms with Gasteiger partial charge in [-0.25, -0.2) is 4.79 Å². The minimum absolute atomic E-state index is 0.0742. The second kappa shape index (κ2) is 8.91. The lowest BCUT2D eigenvalue weighted by molar-refractivity contribution is -0.136. The molecule has 1 saturated heterocycles. The highest BCUT2D eigenvalue weighted by atomic mass is 32.1. The van der Waals surface area contributed by atoms with Crippen molar-refractivity contribution in [1.29, 1.82) is 0 Å². The number of piperazine rings is 1. The van der Waals surface area contributed by atoms with Gasteiger partial charge in [-0.3, -0.25) is 4.79 Å². The van der Waals surface area contributed by atoms with Crippen LogP contribution in [0.15, 0.2) is 54.6 Å². The van der Waals surface area contributed by atoms with Crippen molar-refractivity contribution in [2.24, 2.45) is 0 Å². The first kappa shape index (κ1) is 19.8. The third kappa shape index (κ3) is 4.74. The number of benzene rings is 2. The van der Waals surface area contributed by atoms with E-state index in [1.54, 1.807) is 29.2 Å². The van der Waals surface area contributed by atoms with Crippen LogP contribution in [0.5, 0.6) is 0 Å². The standard InChI is InChI=1S/C21H21N5O3S/c27-18(28)14-15-5-4-8-17(13-15)22-20(29)25-9-11-26(12-10-25)21-23-19(24-30-21)16-6-2-1-3-7-16/h1-8,13H,9-12,14H2,(H,22,29)(H,27,28). The number of nitrogens with zero attached hydrogens (tertiary/aromatic N) is 4. The van der Waals surface area contributed by atoms with Gasteiger partial charge in [0, 0.05) is 49.0 Å². The fourth-order valence-electron chi connectivity index (χ4n) is 3.29.